The largest absolute Gasteiger partial charge is 0.493 e. The number of pyridine rings is 1. The minimum Gasteiger partial charge on any atom is -0.493 e. The smallest absolute Gasteiger partial charge is 0.408 e. The van der Waals surface area contributed by atoms with Gasteiger partial charge in [-0.25, -0.2) is 22.6 Å². The number of hydrogen-bond donors (Lipinski definition) is 3. The van der Waals surface area contributed by atoms with Crippen LogP contribution in [0, 0.1) is 18.7 Å². The Morgan fingerprint density at radius 3 is 2.59 bits per heavy atom. The summed E-state index contributed by atoms with van der Waals surface area (Å²) in [6.45, 7) is 9.16. The van der Waals surface area contributed by atoms with Gasteiger partial charge in [-0.1, -0.05) is 25.0 Å². The number of aromatic nitrogens is 1. The summed E-state index contributed by atoms with van der Waals surface area (Å²) >= 11 is 0. The fourth-order valence-corrected chi connectivity index (χ4v) is 9.82. The molecule has 326 valence electrons. The minimum absolute atomic E-state index is 0.0797. The Morgan fingerprint density at radius 2 is 1.85 bits per heavy atom. The third kappa shape index (κ3) is 8.57. The first kappa shape index (κ1) is 42.2. The molecule has 4 aromatic rings. The Morgan fingerprint density at radius 1 is 1.07 bits per heavy atom. The predicted molar refractivity (Wildman–Crippen MR) is 224 cm³/mol. The molecule has 4 aliphatic rings. The number of carbonyl (C=O) groups excluding carboxylic acids is 4. The predicted octanol–water partition coefficient (Wildman–Crippen LogP) is 6.23. The number of aryl methyl sites for hydroxylation is 1. The van der Waals surface area contributed by atoms with Crippen LogP contribution in [0.1, 0.15) is 91.0 Å². The zero-order valence-corrected chi connectivity index (χ0v) is 35.8. The van der Waals surface area contributed by atoms with E-state index in [0.29, 0.717) is 65.4 Å². The number of nitrogens with one attached hydrogen (secondary N) is 3. The summed E-state index contributed by atoms with van der Waals surface area (Å²) in [7, 11) is -3.95. The molecular formula is C44H52FN5O10S. The average molecular weight is 862 g/mol. The number of furan rings is 1. The molecule has 3 N–H and O–H groups in total. The molecular weight excluding hydrogens is 810 g/mol. The zero-order chi connectivity index (χ0) is 43.4. The van der Waals surface area contributed by atoms with Gasteiger partial charge in [0.15, 0.2) is 11.3 Å². The third-order valence-corrected chi connectivity index (χ3v) is 13.6. The van der Waals surface area contributed by atoms with Crippen molar-refractivity contribution in [2.75, 3.05) is 13.2 Å². The van der Waals surface area contributed by atoms with Crippen LogP contribution in [0.15, 0.2) is 46.9 Å². The van der Waals surface area contributed by atoms with Crippen LogP contribution in [-0.2, 0) is 29.1 Å². The molecule has 1 saturated heterocycles. The van der Waals surface area contributed by atoms with Gasteiger partial charge < -0.3 is 34.2 Å². The number of rotatable bonds is 8. The van der Waals surface area contributed by atoms with Crippen molar-refractivity contribution in [2.45, 2.75) is 127 Å². The van der Waals surface area contributed by atoms with Crippen molar-refractivity contribution in [1.29, 1.82) is 0 Å². The number of carbonyl (C=O) groups is 4. The molecule has 17 heteroatoms. The standard InChI is InChI=1S/C44H52FN5O10S/c1-6-57-34-19-17-29-35-38(59-36(29)24(34)2)37(30-20-26(45)14-18-31(30)46-35)58-27-21-33-39(51)48-44(41(53)49-61(55,56)28-15-16-28)22-25(44)12-10-8-7-9-11-13-32(40(52)50(33)23-27)47-42(54)60-43(3,4)5/h10,12,14,17-20,25,27-28,32-33H,6-9,11,13,15-16,21-23H2,1-5H3,(H,47,54)(H,48,51)(H,49,53)/b12-10-/t25-,27+,32-,33+,44-/m1/s1. The van der Waals surface area contributed by atoms with E-state index in [-0.39, 0.29) is 37.1 Å². The zero-order valence-electron chi connectivity index (χ0n) is 35.0. The van der Waals surface area contributed by atoms with Gasteiger partial charge in [0.1, 0.15) is 52.0 Å². The van der Waals surface area contributed by atoms with Crippen LogP contribution in [0.4, 0.5) is 9.18 Å². The van der Waals surface area contributed by atoms with Crippen molar-refractivity contribution in [1.82, 2.24) is 25.2 Å². The number of hydrogen-bond acceptors (Lipinski definition) is 11. The SMILES string of the molecule is CCOc1ccc2c(oc3c(O[C@H]4C[C@H]5C(=O)N[C@]6(C(=O)NS(=O)(=O)C7CC7)C[C@H]6/C=C\CCCCC[C@@H](NC(=O)OC(C)(C)C)C(=O)N5C4)c4cc(F)ccc4nc32)c1C. The van der Waals surface area contributed by atoms with E-state index in [2.05, 4.69) is 15.4 Å². The van der Waals surface area contributed by atoms with E-state index in [1.165, 1.54) is 23.1 Å². The van der Waals surface area contributed by atoms with Crippen molar-refractivity contribution in [3.05, 3.63) is 53.9 Å². The van der Waals surface area contributed by atoms with Crippen LogP contribution in [0.5, 0.6) is 11.5 Å². The van der Waals surface area contributed by atoms with Crippen molar-refractivity contribution < 1.29 is 50.6 Å². The lowest BCUT2D eigenvalue weighted by Crippen LogP contribution is -2.58. The number of alkyl carbamates (subject to hydrolysis) is 1. The molecule has 4 heterocycles. The Bertz CT molecular complexity index is 2570. The Labute approximate surface area is 353 Å². The molecule has 0 bridgehead atoms. The maximum absolute atomic E-state index is 15.0. The Hall–Kier alpha value is -5.45. The molecule has 2 aromatic heterocycles. The van der Waals surface area contributed by atoms with Crippen LogP contribution in [0.25, 0.3) is 33.0 Å². The maximum Gasteiger partial charge on any atom is 0.408 e. The second-order valence-corrected chi connectivity index (χ2v) is 19.5. The first-order valence-electron chi connectivity index (χ1n) is 21.1. The summed E-state index contributed by atoms with van der Waals surface area (Å²) in [5.74, 6) is -2.34. The van der Waals surface area contributed by atoms with E-state index in [1.807, 2.05) is 38.1 Å². The summed E-state index contributed by atoms with van der Waals surface area (Å²) in [5.41, 5.74) is -0.0889. The van der Waals surface area contributed by atoms with Crippen LogP contribution in [0.3, 0.4) is 0 Å². The van der Waals surface area contributed by atoms with Gasteiger partial charge in [-0.3, -0.25) is 19.1 Å². The molecule has 3 fully saturated rings. The van der Waals surface area contributed by atoms with Crippen LogP contribution in [0.2, 0.25) is 0 Å². The Kier molecular flexibility index (Phi) is 11.2. The number of nitrogens with zero attached hydrogens (tertiary/aromatic N) is 2. The van der Waals surface area contributed by atoms with Gasteiger partial charge in [0.2, 0.25) is 21.8 Å². The molecule has 2 aliphatic heterocycles. The maximum atomic E-state index is 15.0. The number of benzene rings is 2. The number of halogens is 1. The van der Waals surface area contributed by atoms with Crippen LogP contribution >= 0.6 is 0 Å². The number of allylic oxidation sites excluding steroid dienone is 1. The molecule has 2 aromatic carbocycles. The highest BCUT2D eigenvalue weighted by molar-refractivity contribution is 7.91. The van der Waals surface area contributed by atoms with Gasteiger partial charge in [0.05, 0.1) is 23.9 Å². The second kappa shape index (κ2) is 16.1. The Balaban J connectivity index is 1.18. The highest BCUT2D eigenvalue weighted by Gasteiger charge is 2.62. The van der Waals surface area contributed by atoms with Crippen molar-refractivity contribution in [3.8, 4) is 11.5 Å². The lowest BCUT2D eigenvalue weighted by molar-refractivity contribution is -0.141. The van der Waals surface area contributed by atoms with E-state index in [1.54, 1.807) is 20.8 Å². The van der Waals surface area contributed by atoms with Crippen molar-refractivity contribution in [2.24, 2.45) is 5.92 Å². The normalized spacial score (nSPS) is 25.5. The van der Waals surface area contributed by atoms with Gasteiger partial charge in [0.25, 0.3) is 5.91 Å². The summed E-state index contributed by atoms with van der Waals surface area (Å²) in [6, 6.07) is 5.47. The molecule has 0 unspecified atom stereocenters. The fourth-order valence-electron chi connectivity index (χ4n) is 8.45. The average Bonchev–Trinajstić information content (AvgIpc) is 4.09. The van der Waals surface area contributed by atoms with E-state index in [4.69, 9.17) is 23.6 Å². The highest BCUT2D eigenvalue weighted by atomic mass is 32.2. The molecule has 61 heavy (non-hydrogen) atoms. The van der Waals surface area contributed by atoms with E-state index >= 15 is 0 Å². The minimum atomic E-state index is -3.95. The molecule has 5 atom stereocenters. The first-order valence-corrected chi connectivity index (χ1v) is 22.6. The van der Waals surface area contributed by atoms with Crippen LogP contribution in [-0.4, -0.2) is 89.8 Å². The molecule has 0 radical (unpaired) electrons. The van der Waals surface area contributed by atoms with Gasteiger partial charge in [-0.15, -0.1) is 0 Å². The fraction of sp³-hybridized carbons (Fsp3) is 0.523. The topological polar surface area (TPSA) is 195 Å². The number of amides is 4. The molecule has 0 spiro atoms. The molecule has 8 rings (SSSR count). The van der Waals surface area contributed by atoms with Gasteiger partial charge in [-0.2, -0.15) is 0 Å². The lowest BCUT2D eigenvalue weighted by atomic mass is 10.0. The first-order chi connectivity index (χ1) is 29.0. The number of sulfonamides is 1. The highest BCUT2D eigenvalue weighted by Crippen LogP contribution is 2.47. The van der Waals surface area contributed by atoms with Crippen LogP contribution < -0.4 is 24.8 Å². The van der Waals surface area contributed by atoms with E-state index < -0.39 is 80.2 Å². The quantitative estimate of drug-likeness (QED) is 0.170. The van der Waals surface area contributed by atoms with Gasteiger partial charge in [-0.05, 0) is 103 Å². The monoisotopic (exact) mass is 861 g/mol. The van der Waals surface area contributed by atoms with Gasteiger partial charge in [0, 0.05) is 28.7 Å². The van der Waals surface area contributed by atoms with Crippen molar-refractivity contribution >= 4 is 66.8 Å². The summed E-state index contributed by atoms with van der Waals surface area (Å²) in [6.07, 6.45) is 6.00. The second-order valence-electron chi connectivity index (χ2n) is 17.6. The molecule has 15 nitrogen and oxygen atoms in total. The van der Waals surface area contributed by atoms with E-state index in [0.717, 1.165) is 18.4 Å². The number of ether oxygens (including phenoxy) is 3. The van der Waals surface area contributed by atoms with Gasteiger partial charge >= 0.3 is 6.09 Å². The molecule has 2 saturated carbocycles. The third-order valence-electron chi connectivity index (χ3n) is 11.8. The molecule has 4 amide bonds. The number of fused-ring (bicyclic) bond motifs is 6. The van der Waals surface area contributed by atoms with Crippen molar-refractivity contribution in [3.63, 3.8) is 0 Å². The summed E-state index contributed by atoms with van der Waals surface area (Å²) in [4.78, 5) is 62.6. The lowest BCUT2D eigenvalue weighted by Gasteiger charge is -2.30. The van der Waals surface area contributed by atoms with E-state index in [9.17, 15) is 32.0 Å². The summed E-state index contributed by atoms with van der Waals surface area (Å²) in [5, 5.41) is 5.92. The summed E-state index contributed by atoms with van der Waals surface area (Å²) < 4.78 is 67.7. The molecule has 2 aliphatic carbocycles.